The molecular weight excluding hydrogens is 347 g/mol. The third kappa shape index (κ3) is 2.67. The Bertz CT molecular complexity index is 749. The van der Waals surface area contributed by atoms with E-state index in [-0.39, 0.29) is 15.7 Å². The third-order valence-electron chi connectivity index (χ3n) is 3.60. The summed E-state index contributed by atoms with van der Waals surface area (Å²) in [7, 11) is 0. The van der Waals surface area contributed by atoms with Gasteiger partial charge in [-0.1, -0.05) is 36.5 Å². The summed E-state index contributed by atoms with van der Waals surface area (Å²) >= 11 is 13.6. The number of aromatic nitrogens is 2. The maximum Gasteiger partial charge on any atom is 0.317 e. The van der Waals surface area contributed by atoms with Crippen LogP contribution in [0.2, 0.25) is 10.0 Å². The lowest BCUT2D eigenvalue weighted by atomic mass is 10.2. The number of hydrogen-bond donors (Lipinski definition) is 0. The van der Waals surface area contributed by atoms with E-state index in [1.54, 1.807) is 6.07 Å². The Morgan fingerprint density at radius 3 is 2.91 bits per heavy atom. The highest BCUT2D eigenvalue weighted by Crippen LogP contribution is 2.41. The van der Waals surface area contributed by atoms with Crippen molar-refractivity contribution in [2.24, 2.45) is 0 Å². The van der Waals surface area contributed by atoms with Gasteiger partial charge in [0.05, 0.1) is 15.5 Å². The molecule has 2 heterocycles. The summed E-state index contributed by atoms with van der Waals surface area (Å²) in [6, 6.07) is 1.66. The van der Waals surface area contributed by atoms with Crippen LogP contribution in [0.1, 0.15) is 19.8 Å². The van der Waals surface area contributed by atoms with Gasteiger partial charge in [0, 0.05) is 19.6 Å². The van der Waals surface area contributed by atoms with Crippen LogP contribution in [0.25, 0.3) is 11.0 Å². The van der Waals surface area contributed by atoms with Gasteiger partial charge in [0.2, 0.25) is 0 Å². The van der Waals surface area contributed by atoms with Crippen LogP contribution in [0.3, 0.4) is 0 Å². The maximum absolute atomic E-state index is 11.3. The van der Waals surface area contributed by atoms with Crippen molar-refractivity contribution in [1.82, 2.24) is 13.9 Å². The Balaban J connectivity index is 2.08. The summed E-state index contributed by atoms with van der Waals surface area (Å²) in [6.45, 7) is 4.74. The van der Waals surface area contributed by atoms with Crippen LogP contribution in [0.5, 0.6) is 0 Å². The fraction of sp³-hybridized carbons (Fsp3) is 0.462. The van der Waals surface area contributed by atoms with E-state index in [9.17, 15) is 10.1 Å². The summed E-state index contributed by atoms with van der Waals surface area (Å²) in [6.07, 6.45) is 2.25. The van der Waals surface area contributed by atoms with Gasteiger partial charge < -0.3 is 4.57 Å². The Kier molecular flexibility index (Phi) is 4.49. The number of halogens is 2. The lowest BCUT2D eigenvalue weighted by Gasteiger charge is -2.26. The lowest BCUT2D eigenvalue weighted by Crippen LogP contribution is -2.27. The van der Waals surface area contributed by atoms with Crippen molar-refractivity contribution in [3.8, 4) is 0 Å². The van der Waals surface area contributed by atoms with Crippen molar-refractivity contribution < 1.29 is 4.92 Å². The minimum Gasteiger partial charge on any atom is -0.316 e. The predicted molar refractivity (Wildman–Crippen MR) is 88.7 cm³/mol. The first-order valence-corrected chi connectivity index (χ1v) is 8.51. The minimum atomic E-state index is -0.519. The SMILES string of the molecule is CCCCN1CCn2c(nc3c([N+](=O)[O-])c(Cl)c(Cl)cc32)S1. The quantitative estimate of drug-likeness (QED) is 0.460. The molecule has 0 saturated heterocycles. The normalized spacial score (nSPS) is 15.2. The van der Waals surface area contributed by atoms with Crippen LogP contribution in [-0.2, 0) is 6.54 Å². The van der Waals surface area contributed by atoms with Gasteiger partial charge in [-0.05, 0) is 24.4 Å². The number of fused-ring (bicyclic) bond motifs is 3. The third-order valence-corrected chi connectivity index (χ3v) is 5.48. The van der Waals surface area contributed by atoms with Crippen LogP contribution in [-0.4, -0.2) is 31.9 Å². The molecule has 1 aliphatic heterocycles. The van der Waals surface area contributed by atoms with Crippen LogP contribution in [0.15, 0.2) is 11.2 Å². The lowest BCUT2D eigenvalue weighted by molar-refractivity contribution is -0.383. The van der Waals surface area contributed by atoms with Crippen LogP contribution in [0.4, 0.5) is 5.69 Å². The second-order valence-corrected chi connectivity index (χ2v) is 6.91. The molecule has 118 valence electrons. The molecule has 1 aromatic heterocycles. The van der Waals surface area contributed by atoms with E-state index in [4.69, 9.17) is 23.2 Å². The van der Waals surface area contributed by atoms with Crippen molar-refractivity contribution in [2.45, 2.75) is 31.5 Å². The highest BCUT2D eigenvalue weighted by molar-refractivity contribution is 7.96. The molecule has 2 aromatic rings. The van der Waals surface area contributed by atoms with Gasteiger partial charge in [-0.25, -0.2) is 9.29 Å². The van der Waals surface area contributed by atoms with E-state index < -0.39 is 4.92 Å². The second kappa shape index (κ2) is 6.23. The molecule has 9 heteroatoms. The molecule has 0 amide bonds. The number of rotatable bonds is 4. The molecule has 6 nitrogen and oxygen atoms in total. The molecule has 0 unspecified atom stereocenters. The van der Waals surface area contributed by atoms with E-state index >= 15 is 0 Å². The van der Waals surface area contributed by atoms with Crippen molar-refractivity contribution in [3.63, 3.8) is 0 Å². The highest BCUT2D eigenvalue weighted by atomic mass is 35.5. The zero-order chi connectivity index (χ0) is 15.9. The zero-order valence-corrected chi connectivity index (χ0v) is 14.2. The van der Waals surface area contributed by atoms with Crippen molar-refractivity contribution in [2.75, 3.05) is 13.1 Å². The molecule has 0 fully saturated rings. The number of nitro benzene ring substituents is 1. The van der Waals surface area contributed by atoms with E-state index in [0.717, 1.165) is 37.6 Å². The van der Waals surface area contributed by atoms with E-state index in [0.29, 0.717) is 11.0 Å². The molecular formula is C13H14Cl2N4O2S. The number of benzene rings is 1. The molecule has 0 bridgehead atoms. The Hall–Kier alpha value is -1.02. The van der Waals surface area contributed by atoms with Gasteiger partial charge in [-0.2, -0.15) is 0 Å². The fourth-order valence-corrected chi connectivity index (χ4v) is 3.93. The van der Waals surface area contributed by atoms with E-state index in [1.165, 1.54) is 11.9 Å². The summed E-state index contributed by atoms with van der Waals surface area (Å²) in [5.74, 6) is 0. The number of nitro groups is 1. The molecule has 0 aliphatic carbocycles. The van der Waals surface area contributed by atoms with Gasteiger partial charge >= 0.3 is 5.69 Å². The van der Waals surface area contributed by atoms with Gasteiger partial charge in [0.25, 0.3) is 0 Å². The molecule has 1 aliphatic rings. The number of imidazole rings is 1. The van der Waals surface area contributed by atoms with Crippen LogP contribution < -0.4 is 0 Å². The Labute approximate surface area is 141 Å². The second-order valence-electron chi connectivity index (χ2n) is 5.07. The smallest absolute Gasteiger partial charge is 0.316 e. The van der Waals surface area contributed by atoms with E-state index in [2.05, 4.69) is 16.2 Å². The van der Waals surface area contributed by atoms with Crippen LogP contribution in [0, 0.1) is 10.1 Å². The van der Waals surface area contributed by atoms with Crippen molar-refractivity contribution in [3.05, 3.63) is 26.2 Å². The van der Waals surface area contributed by atoms with Crippen molar-refractivity contribution >= 4 is 51.9 Å². The summed E-state index contributed by atoms with van der Waals surface area (Å²) < 4.78 is 4.21. The molecule has 0 saturated carbocycles. The maximum atomic E-state index is 11.3. The van der Waals surface area contributed by atoms with E-state index in [1.807, 2.05) is 4.57 Å². The molecule has 3 rings (SSSR count). The van der Waals surface area contributed by atoms with Gasteiger partial charge in [0.1, 0.15) is 5.02 Å². The molecule has 22 heavy (non-hydrogen) atoms. The predicted octanol–water partition coefficient (Wildman–Crippen LogP) is 4.37. The summed E-state index contributed by atoms with van der Waals surface area (Å²) in [4.78, 5) is 15.2. The minimum absolute atomic E-state index is 0.0533. The zero-order valence-electron chi connectivity index (χ0n) is 11.9. The Morgan fingerprint density at radius 2 is 2.23 bits per heavy atom. The molecule has 0 radical (unpaired) electrons. The summed E-state index contributed by atoms with van der Waals surface area (Å²) in [5, 5.41) is 12.2. The topological polar surface area (TPSA) is 64.2 Å². The largest absolute Gasteiger partial charge is 0.317 e. The molecule has 0 spiro atoms. The van der Waals surface area contributed by atoms with Gasteiger partial charge in [-0.15, -0.1) is 0 Å². The standard InChI is InChI=1S/C13H14Cl2N4O2S/c1-2-3-4-17-5-6-18-9-7-8(14)10(15)12(19(20)21)11(9)16-13(18)22-17/h7H,2-6H2,1H3. The first kappa shape index (κ1) is 15.9. The van der Waals surface area contributed by atoms with Crippen LogP contribution >= 0.6 is 35.1 Å². The molecule has 0 N–H and O–H groups in total. The fourth-order valence-electron chi connectivity index (χ4n) is 2.48. The van der Waals surface area contributed by atoms with Crippen molar-refractivity contribution in [1.29, 1.82) is 0 Å². The molecule has 1 aromatic carbocycles. The monoisotopic (exact) mass is 360 g/mol. The first-order chi connectivity index (χ1) is 10.5. The average Bonchev–Trinajstić information content (AvgIpc) is 2.82. The average molecular weight is 361 g/mol. The highest BCUT2D eigenvalue weighted by Gasteiger charge is 2.28. The molecule has 0 atom stereocenters. The summed E-state index contributed by atoms with van der Waals surface area (Å²) in [5.41, 5.74) is 0.754. The number of unbranched alkanes of at least 4 members (excludes halogenated alkanes) is 1. The first-order valence-electron chi connectivity index (χ1n) is 6.98. The number of nitrogens with zero attached hydrogens (tertiary/aromatic N) is 4. The Morgan fingerprint density at radius 1 is 1.45 bits per heavy atom. The van der Waals surface area contributed by atoms with Gasteiger partial charge in [-0.3, -0.25) is 10.1 Å². The number of hydrogen-bond acceptors (Lipinski definition) is 5. The van der Waals surface area contributed by atoms with Gasteiger partial charge in [0.15, 0.2) is 10.7 Å².